The summed E-state index contributed by atoms with van der Waals surface area (Å²) in [7, 11) is 0. The Kier molecular flexibility index (Phi) is 5.33. The van der Waals surface area contributed by atoms with Gasteiger partial charge < -0.3 is 14.7 Å². The molecule has 2 aliphatic rings. The molecule has 0 bridgehead atoms. The van der Waals surface area contributed by atoms with Crippen LogP contribution in [0.3, 0.4) is 0 Å². The lowest BCUT2D eigenvalue weighted by Crippen LogP contribution is -2.44. The normalized spacial score (nSPS) is 20.1. The molecule has 1 aromatic rings. The summed E-state index contributed by atoms with van der Waals surface area (Å²) in [4.78, 5) is 38.2. The Bertz CT molecular complexity index is 640. The monoisotopic (exact) mass is 346 g/mol. The first-order chi connectivity index (χ1) is 12.1. The van der Waals surface area contributed by atoms with Gasteiger partial charge in [-0.05, 0) is 25.0 Å². The fourth-order valence-electron chi connectivity index (χ4n) is 3.33. The molecule has 1 saturated heterocycles. The standard InChI is InChI=1S/C18H22N2O5/c21-16-14-7-3-4-8-15(14)17(22)20(16)9-5-1-2-6-13-12-19(18(23)24)10-11-25-13/h3-4,7-8,13H,1-2,5-6,9-12H2,(H,23,24)/t13-/m1/s1. The molecule has 0 spiro atoms. The average molecular weight is 346 g/mol. The number of carboxylic acid groups (broad SMARTS) is 1. The van der Waals surface area contributed by atoms with Gasteiger partial charge in [0.1, 0.15) is 0 Å². The number of carbonyl (C=O) groups excluding carboxylic acids is 2. The van der Waals surface area contributed by atoms with Crippen LogP contribution in [0.15, 0.2) is 24.3 Å². The van der Waals surface area contributed by atoms with E-state index < -0.39 is 6.09 Å². The summed E-state index contributed by atoms with van der Waals surface area (Å²) >= 11 is 0. The number of carbonyl (C=O) groups is 3. The molecule has 7 heteroatoms. The molecule has 3 rings (SSSR count). The second-order valence-corrected chi connectivity index (χ2v) is 6.38. The fourth-order valence-corrected chi connectivity index (χ4v) is 3.33. The van der Waals surface area contributed by atoms with Gasteiger partial charge in [-0.25, -0.2) is 4.79 Å². The summed E-state index contributed by atoms with van der Waals surface area (Å²) in [5.74, 6) is -0.429. The minimum atomic E-state index is -0.904. The topological polar surface area (TPSA) is 87.2 Å². The third-order valence-corrected chi connectivity index (χ3v) is 4.70. The van der Waals surface area contributed by atoms with Crippen molar-refractivity contribution < 1.29 is 24.2 Å². The molecule has 25 heavy (non-hydrogen) atoms. The molecule has 0 aliphatic carbocycles. The second-order valence-electron chi connectivity index (χ2n) is 6.38. The van der Waals surface area contributed by atoms with Gasteiger partial charge in [0, 0.05) is 13.1 Å². The lowest BCUT2D eigenvalue weighted by atomic mass is 10.1. The van der Waals surface area contributed by atoms with Crippen LogP contribution in [0, 0.1) is 0 Å². The predicted octanol–water partition coefficient (Wildman–Crippen LogP) is 2.22. The van der Waals surface area contributed by atoms with Gasteiger partial charge in [0.15, 0.2) is 0 Å². The Morgan fingerprint density at radius 3 is 2.44 bits per heavy atom. The molecule has 1 atom stereocenters. The molecule has 2 aliphatic heterocycles. The van der Waals surface area contributed by atoms with Crippen LogP contribution in [-0.4, -0.2) is 65.2 Å². The van der Waals surface area contributed by atoms with E-state index in [9.17, 15) is 14.4 Å². The van der Waals surface area contributed by atoms with Crippen LogP contribution in [0.4, 0.5) is 4.79 Å². The number of hydrogen-bond donors (Lipinski definition) is 1. The third kappa shape index (κ3) is 3.82. The molecule has 0 radical (unpaired) electrons. The number of nitrogens with zero attached hydrogens (tertiary/aromatic N) is 2. The molecule has 1 aromatic carbocycles. The highest BCUT2D eigenvalue weighted by Gasteiger charge is 2.34. The van der Waals surface area contributed by atoms with Gasteiger partial charge in [0.05, 0.1) is 30.4 Å². The molecule has 1 N–H and O–H groups in total. The smallest absolute Gasteiger partial charge is 0.407 e. The van der Waals surface area contributed by atoms with Gasteiger partial charge >= 0.3 is 6.09 Å². The minimum absolute atomic E-state index is 0.0656. The number of fused-ring (bicyclic) bond motifs is 1. The molecule has 3 amide bonds. The van der Waals surface area contributed by atoms with Gasteiger partial charge in [-0.15, -0.1) is 0 Å². The van der Waals surface area contributed by atoms with Crippen LogP contribution in [0.25, 0.3) is 0 Å². The third-order valence-electron chi connectivity index (χ3n) is 4.70. The van der Waals surface area contributed by atoms with Gasteiger partial charge in [-0.2, -0.15) is 0 Å². The summed E-state index contributed by atoms with van der Waals surface area (Å²) in [5.41, 5.74) is 0.966. The molecule has 0 saturated carbocycles. The van der Waals surface area contributed by atoms with E-state index >= 15 is 0 Å². The Morgan fingerprint density at radius 1 is 1.12 bits per heavy atom. The minimum Gasteiger partial charge on any atom is -0.465 e. The van der Waals surface area contributed by atoms with Gasteiger partial charge in [-0.1, -0.05) is 25.0 Å². The van der Waals surface area contributed by atoms with Crippen LogP contribution in [0.5, 0.6) is 0 Å². The Labute approximate surface area is 146 Å². The van der Waals surface area contributed by atoms with E-state index in [1.165, 1.54) is 9.80 Å². The lowest BCUT2D eigenvalue weighted by molar-refractivity contribution is -0.0263. The maximum Gasteiger partial charge on any atom is 0.407 e. The molecular weight excluding hydrogens is 324 g/mol. The zero-order valence-corrected chi connectivity index (χ0v) is 14.0. The molecule has 0 aromatic heterocycles. The van der Waals surface area contributed by atoms with Crippen LogP contribution in [0.2, 0.25) is 0 Å². The number of unbranched alkanes of at least 4 members (excludes halogenated alkanes) is 2. The van der Waals surface area contributed by atoms with Crippen molar-refractivity contribution in [3.63, 3.8) is 0 Å². The van der Waals surface area contributed by atoms with Crippen molar-refractivity contribution in [2.75, 3.05) is 26.2 Å². The van der Waals surface area contributed by atoms with Gasteiger partial charge in [0.25, 0.3) is 11.8 Å². The Hall–Kier alpha value is -2.41. The zero-order valence-electron chi connectivity index (χ0n) is 14.0. The number of rotatable bonds is 6. The van der Waals surface area contributed by atoms with Crippen molar-refractivity contribution >= 4 is 17.9 Å². The molecule has 1 fully saturated rings. The van der Waals surface area contributed by atoms with Crippen molar-refractivity contribution in [3.05, 3.63) is 35.4 Å². The number of amides is 3. The lowest BCUT2D eigenvalue weighted by Gasteiger charge is -2.31. The molecule has 134 valence electrons. The van der Waals surface area contributed by atoms with Crippen LogP contribution in [0.1, 0.15) is 46.4 Å². The SMILES string of the molecule is O=C(O)N1CCO[C@H](CCCCCN2C(=O)c3ccccc3C2=O)C1. The first kappa shape index (κ1) is 17.4. The summed E-state index contributed by atoms with van der Waals surface area (Å²) in [6.07, 6.45) is 2.29. The van der Waals surface area contributed by atoms with Crippen LogP contribution in [-0.2, 0) is 4.74 Å². The van der Waals surface area contributed by atoms with Crippen molar-refractivity contribution in [2.45, 2.75) is 31.8 Å². The van der Waals surface area contributed by atoms with Gasteiger partial charge in [0.2, 0.25) is 0 Å². The van der Waals surface area contributed by atoms with E-state index in [4.69, 9.17) is 9.84 Å². The highest BCUT2D eigenvalue weighted by molar-refractivity contribution is 6.21. The maximum atomic E-state index is 12.2. The molecular formula is C18H22N2O5. The molecule has 7 nitrogen and oxygen atoms in total. The number of imide groups is 1. The highest BCUT2D eigenvalue weighted by atomic mass is 16.5. The average Bonchev–Trinajstić information content (AvgIpc) is 2.87. The summed E-state index contributed by atoms with van der Waals surface area (Å²) in [5, 5.41) is 9.01. The largest absolute Gasteiger partial charge is 0.465 e. The van der Waals surface area contributed by atoms with E-state index in [1.54, 1.807) is 24.3 Å². The zero-order chi connectivity index (χ0) is 17.8. The van der Waals surface area contributed by atoms with E-state index in [0.29, 0.717) is 37.4 Å². The number of ether oxygens (including phenoxy) is 1. The van der Waals surface area contributed by atoms with Crippen molar-refractivity contribution in [2.24, 2.45) is 0 Å². The van der Waals surface area contributed by atoms with E-state index in [2.05, 4.69) is 0 Å². The van der Waals surface area contributed by atoms with E-state index in [-0.39, 0.29) is 17.9 Å². The summed E-state index contributed by atoms with van der Waals surface area (Å²) in [6.45, 7) is 1.68. The Morgan fingerprint density at radius 2 is 1.80 bits per heavy atom. The van der Waals surface area contributed by atoms with E-state index in [1.807, 2.05) is 0 Å². The highest BCUT2D eigenvalue weighted by Crippen LogP contribution is 2.23. The number of hydrogen-bond acceptors (Lipinski definition) is 4. The fraction of sp³-hybridized carbons (Fsp3) is 0.500. The first-order valence-corrected chi connectivity index (χ1v) is 8.62. The summed E-state index contributed by atoms with van der Waals surface area (Å²) < 4.78 is 5.59. The Balaban J connectivity index is 1.39. The van der Waals surface area contributed by atoms with Crippen LogP contribution >= 0.6 is 0 Å². The quantitative estimate of drug-likeness (QED) is 0.630. The van der Waals surface area contributed by atoms with Crippen LogP contribution < -0.4 is 0 Å². The van der Waals surface area contributed by atoms with Crippen molar-refractivity contribution in [1.82, 2.24) is 9.80 Å². The molecule has 0 unspecified atom stereocenters. The van der Waals surface area contributed by atoms with E-state index in [0.717, 1.165) is 25.7 Å². The molecule has 2 heterocycles. The first-order valence-electron chi connectivity index (χ1n) is 8.62. The van der Waals surface area contributed by atoms with Crippen molar-refractivity contribution in [1.29, 1.82) is 0 Å². The van der Waals surface area contributed by atoms with Crippen molar-refractivity contribution in [3.8, 4) is 0 Å². The second kappa shape index (κ2) is 7.65. The number of benzene rings is 1. The predicted molar refractivity (Wildman–Crippen MR) is 89.6 cm³/mol. The summed E-state index contributed by atoms with van der Waals surface area (Å²) in [6, 6.07) is 6.89. The number of morpholine rings is 1. The maximum absolute atomic E-state index is 12.2. The van der Waals surface area contributed by atoms with Gasteiger partial charge in [-0.3, -0.25) is 14.5 Å².